The molecule has 1 aliphatic rings. The van der Waals surface area contributed by atoms with Crippen LogP contribution in [0.15, 0.2) is 54.6 Å². The van der Waals surface area contributed by atoms with Crippen LogP contribution >= 0.6 is 0 Å². The topological polar surface area (TPSA) is 82.0 Å². The van der Waals surface area contributed by atoms with E-state index in [1.165, 1.54) is 5.56 Å². The summed E-state index contributed by atoms with van der Waals surface area (Å²) in [6, 6.07) is 17.4. The summed E-state index contributed by atoms with van der Waals surface area (Å²) in [4.78, 5) is 0. The van der Waals surface area contributed by atoms with Crippen LogP contribution in [0.25, 0.3) is 0 Å². The van der Waals surface area contributed by atoms with Gasteiger partial charge < -0.3 is 24.8 Å². The summed E-state index contributed by atoms with van der Waals surface area (Å²) >= 11 is 0. The number of hydrogen-bond acceptors (Lipinski definition) is 5. The van der Waals surface area contributed by atoms with Crippen molar-refractivity contribution in [3.63, 3.8) is 0 Å². The van der Waals surface area contributed by atoms with Crippen molar-refractivity contribution in [2.24, 2.45) is 0 Å². The molecule has 1 saturated heterocycles. The van der Waals surface area contributed by atoms with Gasteiger partial charge in [0.15, 0.2) is 0 Å². The molecule has 4 atom stereocenters. The lowest BCUT2D eigenvalue weighted by Crippen LogP contribution is -2.60. The molecule has 2 N–H and O–H groups in total. The zero-order chi connectivity index (χ0) is 16.2. The van der Waals surface area contributed by atoms with Crippen LogP contribution in [0.1, 0.15) is 11.1 Å². The van der Waals surface area contributed by atoms with E-state index in [1.54, 1.807) is 6.07 Å². The lowest BCUT2D eigenvalue weighted by atomic mass is 10.0. The Morgan fingerprint density at radius 1 is 1.04 bits per heavy atom. The van der Waals surface area contributed by atoms with E-state index < -0.39 is 24.6 Å². The minimum atomic E-state index is -1.52. The fourth-order valence-corrected chi connectivity index (χ4v) is 2.61. The van der Waals surface area contributed by atoms with E-state index in [2.05, 4.69) is 0 Å². The summed E-state index contributed by atoms with van der Waals surface area (Å²) < 4.78 is 10.5. The van der Waals surface area contributed by atoms with E-state index in [0.717, 1.165) is 12.0 Å². The Bertz CT molecular complexity index is 630. The Kier molecular flexibility index (Phi) is 4.93. The Hall–Kier alpha value is -1.92. The van der Waals surface area contributed by atoms with Crippen LogP contribution in [-0.4, -0.2) is 41.4 Å². The molecular weight excluding hydrogens is 296 g/mol. The van der Waals surface area contributed by atoms with Crippen molar-refractivity contribution in [3.8, 4) is 5.75 Å². The van der Waals surface area contributed by atoms with Gasteiger partial charge in [-0.05, 0) is 29.7 Å². The maximum Gasteiger partial charge on any atom is 0.138 e. The zero-order valence-corrected chi connectivity index (χ0v) is 12.5. The Morgan fingerprint density at radius 3 is 2.57 bits per heavy atom. The molecule has 122 valence electrons. The highest BCUT2D eigenvalue weighted by Gasteiger charge is 2.35. The number of benzene rings is 2. The molecule has 23 heavy (non-hydrogen) atoms. The molecule has 0 unspecified atom stereocenters. The first-order valence-electron chi connectivity index (χ1n) is 7.56. The summed E-state index contributed by atoms with van der Waals surface area (Å²) in [5.41, 5.74) is 2.20. The molecule has 1 heterocycles. The largest absolute Gasteiger partial charge is 0.828 e. The number of hydrogen-bond donors (Lipinski definition) is 2. The molecule has 0 saturated carbocycles. The van der Waals surface area contributed by atoms with Gasteiger partial charge in [0, 0.05) is 6.29 Å². The summed E-state index contributed by atoms with van der Waals surface area (Å²) in [5, 5.41) is 31.3. The number of ether oxygens (including phenoxy) is 2. The van der Waals surface area contributed by atoms with E-state index in [1.807, 2.05) is 48.5 Å². The van der Waals surface area contributed by atoms with Gasteiger partial charge in [0.1, 0.15) is 24.1 Å². The van der Waals surface area contributed by atoms with Crippen LogP contribution in [0, 0.1) is 0 Å². The fraction of sp³-hybridized carbons (Fsp3) is 0.333. The van der Waals surface area contributed by atoms with Gasteiger partial charge in [0.05, 0.1) is 6.61 Å². The van der Waals surface area contributed by atoms with E-state index in [-0.39, 0.29) is 6.61 Å². The summed E-state index contributed by atoms with van der Waals surface area (Å²) in [6.45, 7) is -0.177. The van der Waals surface area contributed by atoms with E-state index in [9.17, 15) is 15.3 Å². The first-order chi connectivity index (χ1) is 11.1. The number of rotatable bonds is 4. The van der Waals surface area contributed by atoms with E-state index in [0.29, 0.717) is 5.75 Å². The normalized spacial score (nSPS) is 27.6. The molecule has 0 aliphatic carbocycles. The van der Waals surface area contributed by atoms with Crippen LogP contribution in [-0.2, 0) is 11.2 Å². The molecule has 1 fully saturated rings. The van der Waals surface area contributed by atoms with Gasteiger partial charge in [-0.3, -0.25) is 0 Å². The third kappa shape index (κ3) is 3.89. The monoisotopic (exact) mass is 315 g/mol. The standard InChI is InChI=1S/C18H19O5/c19-15-11-22-18(21)17(16(15)20)23-14-8-4-7-13(10-14)9-12-5-2-1-3-6-12/h1-8,10,15-20H,9,11H2/q-1/t15-,16+,17-,18-/m1/s1. The highest BCUT2D eigenvalue weighted by atomic mass is 16.6. The predicted octanol–water partition coefficient (Wildman–Crippen LogP) is 0.463. The third-order valence-electron chi connectivity index (χ3n) is 3.85. The van der Waals surface area contributed by atoms with Gasteiger partial charge >= 0.3 is 0 Å². The van der Waals surface area contributed by atoms with Gasteiger partial charge in [-0.1, -0.05) is 42.5 Å². The predicted molar refractivity (Wildman–Crippen MR) is 81.9 cm³/mol. The highest BCUT2D eigenvalue weighted by molar-refractivity contribution is 5.33. The molecular formula is C18H19O5-. The number of aliphatic hydroxyl groups excluding tert-OH is 2. The molecule has 0 radical (unpaired) electrons. The van der Waals surface area contributed by atoms with Crippen LogP contribution in [0.3, 0.4) is 0 Å². The van der Waals surface area contributed by atoms with Crippen molar-refractivity contribution < 1.29 is 24.8 Å². The Labute approximate surface area is 134 Å². The van der Waals surface area contributed by atoms with E-state index >= 15 is 0 Å². The van der Waals surface area contributed by atoms with Crippen molar-refractivity contribution in [2.45, 2.75) is 31.0 Å². The average Bonchev–Trinajstić information content (AvgIpc) is 2.56. The second-order valence-corrected chi connectivity index (χ2v) is 5.65. The minimum absolute atomic E-state index is 0.177. The molecule has 0 bridgehead atoms. The molecule has 5 heteroatoms. The maximum atomic E-state index is 11.8. The van der Waals surface area contributed by atoms with Crippen molar-refractivity contribution in [1.29, 1.82) is 0 Å². The number of aliphatic hydroxyl groups is 2. The van der Waals surface area contributed by atoms with Crippen molar-refractivity contribution in [2.75, 3.05) is 6.61 Å². The average molecular weight is 315 g/mol. The van der Waals surface area contributed by atoms with E-state index in [4.69, 9.17) is 9.47 Å². The third-order valence-corrected chi connectivity index (χ3v) is 3.85. The lowest BCUT2D eigenvalue weighted by molar-refractivity contribution is -0.521. The summed E-state index contributed by atoms with van der Waals surface area (Å²) in [6.07, 6.45) is -4.29. The molecule has 5 nitrogen and oxygen atoms in total. The van der Waals surface area contributed by atoms with Crippen molar-refractivity contribution in [3.05, 3.63) is 65.7 Å². The van der Waals surface area contributed by atoms with Crippen LogP contribution in [0.5, 0.6) is 5.75 Å². The maximum absolute atomic E-state index is 11.8. The zero-order valence-electron chi connectivity index (χ0n) is 12.5. The molecule has 3 rings (SSSR count). The smallest absolute Gasteiger partial charge is 0.138 e. The molecule has 2 aromatic rings. The molecule has 0 spiro atoms. The fourth-order valence-electron chi connectivity index (χ4n) is 2.61. The van der Waals surface area contributed by atoms with Gasteiger partial charge in [-0.25, -0.2) is 0 Å². The van der Waals surface area contributed by atoms with Gasteiger partial charge in [-0.2, -0.15) is 0 Å². The Morgan fingerprint density at radius 2 is 1.78 bits per heavy atom. The first kappa shape index (κ1) is 16.0. The van der Waals surface area contributed by atoms with Gasteiger partial charge in [0.2, 0.25) is 0 Å². The molecule has 1 aliphatic heterocycles. The van der Waals surface area contributed by atoms with Crippen LogP contribution < -0.4 is 9.84 Å². The second kappa shape index (κ2) is 7.10. The van der Waals surface area contributed by atoms with Crippen LogP contribution in [0.4, 0.5) is 0 Å². The van der Waals surface area contributed by atoms with Crippen molar-refractivity contribution in [1.82, 2.24) is 0 Å². The lowest BCUT2D eigenvalue weighted by Gasteiger charge is -2.41. The Balaban J connectivity index is 1.72. The van der Waals surface area contributed by atoms with Crippen LogP contribution in [0.2, 0.25) is 0 Å². The highest BCUT2D eigenvalue weighted by Crippen LogP contribution is 2.22. The quantitative estimate of drug-likeness (QED) is 0.857. The summed E-state index contributed by atoms with van der Waals surface area (Å²) in [5.74, 6) is 0.473. The molecule has 2 aromatic carbocycles. The second-order valence-electron chi connectivity index (χ2n) is 5.65. The molecule has 0 amide bonds. The molecule has 0 aromatic heterocycles. The van der Waals surface area contributed by atoms with Crippen molar-refractivity contribution >= 4 is 0 Å². The first-order valence-corrected chi connectivity index (χ1v) is 7.56. The minimum Gasteiger partial charge on any atom is -0.828 e. The van der Waals surface area contributed by atoms with Gasteiger partial charge in [0.25, 0.3) is 0 Å². The van der Waals surface area contributed by atoms with Gasteiger partial charge in [-0.15, -0.1) is 0 Å². The summed E-state index contributed by atoms with van der Waals surface area (Å²) in [7, 11) is 0. The SMILES string of the molecule is [O-][C@@H]1OC[C@@H](O)[C@H](O)[C@H]1Oc1cccc(Cc2ccccc2)c1.